The van der Waals surface area contributed by atoms with E-state index in [0.717, 1.165) is 16.4 Å². The molecule has 2 aromatic rings. The van der Waals surface area contributed by atoms with Gasteiger partial charge in [-0.05, 0) is 30.3 Å². The van der Waals surface area contributed by atoms with E-state index in [1.807, 2.05) is 0 Å². The van der Waals surface area contributed by atoms with Crippen LogP contribution in [-0.4, -0.2) is 22.1 Å². The van der Waals surface area contributed by atoms with Gasteiger partial charge in [-0.15, -0.1) is 6.58 Å². The quantitative estimate of drug-likeness (QED) is 0.719. The molecule has 24 heavy (non-hydrogen) atoms. The van der Waals surface area contributed by atoms with E-state index in [-0.39, 0.29) is 22.2 Å². The standard InChI is InChI=1S/C16H14ClF2NO3S/c1-3-8-20(15-6-4-11(18)9-14(15)19)24(21,22)12-5-7-16(23-2)13(17)10-12/h3-7,9-10H,1,8H2,2H3. The van der Waals surface area contributed by atoms with E-state index in [0.29, 0.717) is 11.8 Å². The molecule has 0 aliphatic rings. The minimum atomic E-state index is -4.14. The maximum atomic E-state index is 14.0. The van der Waals surface area contributed by atoms with Gasteiger partial charge in [-0.3, -0.25) is 4.31 Å². The zero-order valence-electron chi connectivity index (χ0n) is 12.7. The third kappa shape index (κ3) is 3.52. The molecular weight excluding hydrogens is 360 g/mol. The fourth-order valence-corrected chi connectivity index (χ4v) is 3.85. The van der Waals surface area contributed by atoms with E-state index in [1.54, 1.807) is 0 Å². The van der Waals surface area contributed by atoms with E-state index in [1.165, 1.54) is 31.4 Å². The second kappa shape index (κ2) is 7.19. The van der Waals surface area contributed by atoms with Crippen LogP contribution >= 0.6 is 11.6 Å². The van der Waals surface area contributed by atoms with Crippen molar-refractivity contribution in [2.75, 3.05) is 18.0 Å². The second-order valence-electron chi connectivity index (χ2n) is 4.72. The molecule has 0 heterocycles. The number of hydrogen-bond acceptors (Lipinski definition) is 3. The van der Waals surface area contributed by atoms with Crippen LogP contribution in [-0.2, 0) is 10.0 Å². The zero-order chi connectivity index (χ0) is 17.9. The van der Waals surface area contributed by atoms with Crippen LogP contribution in [0.3, 0.4) is 0 Å². The van der Waals surface area contributed by atoms with Crippen molar-refractivity contribution in [2.45, 2.75) is 4.90 Å². The molecule has 0 aliphatic heterocycles. The second-order valence-corrected chi connectivity index (χ2v) is 6.99. The van der Waals surface area contributed by atoms with E-state index in [4.69, 9.17) is 16.3 Å². The lowest BCUT2D eigenvalue weighted by molar-refractivity contribution is 0.414. The molecule has 0 aliphatic carbocycles. The van der Waals surface area contributed by atoms with Crippen molar-refractivity contribution in [1.82, 2.24) is 0 Å². The Morgan fingerprint density at radius 1 is 1.25 bits per heavy atom. The Morgan fingerprint density at radius 3 is 2.50 bits per heavy atom. The molecule has 128 valence electrons. The fraction of sp³-hybridized carbons (Fsp3) is 0.125. The summed E-state index contributed by atoms with van der Waals surface area (Å²) in [5, 5.41) is 0.0942. The first-order chi connectivity index (χ1) is 11.3. The van der Waals surface area contributed by atoms with Gasteiger partial charge in [-0.1, -0.05) is 17.7 Å². The molecule has 0 aromatic heterocycles. The van der Waals surface area contributed by atoms with Gasteiger partial charge in [0, 0.05) is 6.07 Å². The predicted octanol–water partition coefficient (Wildman–Crippen LogP) is 4.01. The minimum Gasteiger partial charge on any atom is -0.495 e. The summed E-state index contributed by atoms with van der Waals surface area (Å²) in [5.74, 6) is -1.50. The summed E-state index contributed by atoms with van der Waals surface area (Å²) in [5.41, 5.74) is -0.289. The number of hydrogen-bond donors (Lipinski definition) is 0. The summed E-state index contributed by atoms with van der Waals surface area (Å²) in [4.78, 5) is -0.154. The molecule has 0 atom stereocenters. The lowest BCUT2D eigenvalue weighted by atomic mass is 10.3. The summed E-state index contributed by atoms with van der Waals surface area (Å²) in [6, 6.07) is 6.52. The highest BCUT2D eigenvalue weighted by molar-refractivity contribution is 7.92. The Kier molecular flexibility index (Phi) is 5.46. The Hall–Kier alpha value is -2.12. The lowest BCUT2D eigenvalue weighted by Gasteiger charge is -2.23. The minimum absolute atomic E-state index is 0.0942. The Morgan fingerprint density at radius 2 is 1.96 bits per heavy atom. The van der Waals surface area contributed by atoms with Crippen LogP contribution in [0.2, 0.25) is 5.02 Å². The van der Waals surface area contributed by atoms with Crippen molar-refractivity contribution in [1.29, 1.82) is 0 Å². The van der Waals surface area contributed by atoms with Crippen LogP contribution in [0.5, 0.6) is 5.75 Å². The highest BCUT2D eigenvalue weighted by Gasteiger charge is 2.27. The molecule has 0 radical (unpaired) electrons. The number of halogens is 3. The van der Waals surface area contributed by atoms with Crippen LogP contribution < -0.4 is 9.04 Å². The third-order valence-electron chi connectivity index (χ3n) is 3.18. The van der Waals surface area contributed by atoms with Crippen molar-refractivity contribution in [2.24, 2.45) is 0 Å². The molecule has 0 saturated heterocycles. The van der Waals surface area contributed by atoms with Crippen LogP contribution in [0, 0.1) is 11.6 Å². The van der Waals surface area contributed by atoms with E-state index in [2.05, 4.69) is 6.58 Å². The van der Waals surface area contributed by atoms with Crippen molar-refractivity contribution < 1.29 is 21.9 Å². The number of methoxy groups -OCH3 is 1. The molecule has 8 heteroatoms. The van der Waals surface area contributed by atoms with Crippen molar-refractivity contribution >= 4 is 27.3 Å². The first-order valence-electron chi connectivity index (χ1n) is 6.73. The Bertz CT molecular complexity index is 872. The molecular formula is C16H14ClF2NO3S. The molecule has 2 aromatic carbocycles. The van der Waals surface area contributed by atoms with Crippen LogP contribution in [0.4, 0.5) is 14.5 Å². The zero-order valence-corrected chi connectivity index (χ0v) is 14.2. The number of nitrogens with zero attached hydrogens (tertiary/aromatic N) is 1. The molecule has 0 unspecified atom stereocenters. The average molecular weight is 374 g/mol. The molecule has 0 N–H and O–H groups in total. The molecule has 4 nitrogen and oxygen atoms in total. The molecule has 0 saturated carbocycles. The summed E-state index contributed by atoms with van der Waals surface area (Å²) < 4.78 is 58.6. The highest BCUT2D eigenvalue weighted by Crippen LogP contribution is 2.31. The Balaban J connectivity index is 2.57. The lowest BCUT2D eigenvalue weighted by Crippen LogP contribution is -2.32. The van der Waals surface area contributed by atoms with Crippen LogP contribution in [0.1, 0.15) is 0 Å². The van der Waals surface area contributed by atoms with E-state index < -0.39 is 21.7 Å². The van der Waals surface area contributed by atoms with Crippen LogP contribution in [0.25, 0.3) is 0 Å². The van der Waals surface area contributed by atoms with Crippen molar-refractivity contribution in [3.63, 3.8) is 0 Å². The van der Waals surface area contributed by atoms with Gasteiger partial charge >= 0.3 is 0 Å². The van der Waals surface area contributed by atoms with Gasteiger partial charge in [-0.2, -0.15) is 0 Å². The SMILES string of the molecule is C=CCN(c1ccc(F)cc1F)S(=O)(=O)c1ccc(OC)c(Cl)c1. The highest BCUT2D eigenvalue weighted by atomic mass is 35.5. The Labute approximate surface area is 144 Å². The normalized spacial score (nSPS) is 11.2. The monoisotopic (exact) mass is 373 g/mol. The molecule has 0 fully saturated rings. The van der Waals surface area contributed by atoms with Gasteiger partial charge in [-0.25, -0.2) is 17.2 Å². The largest absolute Gasteiger partial charge is 0.495 e. The average Bonchev–Trinajstić information content (AvgIpc) is 2.53. The summed E-state index contributed by atoms with van der Waals surface area (Å²) in [6.45, 7) is 3.28. The van der Waals surface area contributed by atoms with Gasteiger partial charge in [0.15, 0.2) is 0 Å². The third-order valence-corrected chi connectivity index (χ3v) is 5.26. The molecule has 2 rings (SSSR count). The summed E-state index contributed by atoms with van der Waals surface area (Å²) in [6.07, 6.45) is 1.30. The smallest absolute Gasteiger partial charge is 0.264 e. The number of sulfonamides is 1. The first kappa shape index (κ1) is 18.2. The maximum absolute atomic E-state index is 14.0. The van der Waals surface area contributed by atoms with Gasteiger partial charge < -0.3 is 4.74 Å². The number of rotatable bonds is 6. The maximum Gasteiger partial charge on any atom is 0.264 e. The van der Waals surface area contributed by atoms with Gasteiger partial charge in [0.25, 0.3) is 10.0 Å². The number of benzene rings is 2. The van der Waals surface area contributed by atoms with E-state index >= 15 is 0 Å². The topological polar surface area (TPSA) is 46.6 Å². The van der Waals surface area contributed by atoms with Crippen LogP contribution in [0.15, 0.2) is 53.9 Å². The number of anilines is 1. The van der Waals surface area contributed by atoms with Gasteiger partial charge in [0.1, 0.15) is 17.4 Å². The van der Waals surface area contributed by atoms with Crippen molar-refractivity contribution in [3.05, 3.63) is 65.7 Å². The fourth-order valence-electron chi connectivity index (χ4n) is 2.06. The van der Waals surface area contributed by atoms with Gasteiger partial charge in [0.2, 0.25) is 0 Å². The summed E-state index contributed by atoms with van der Waals surface area (Å²) in [7, 11) is -2.74. The number of ether oxygens (including phenoxy) is 1. The molecule has 0 bridgehead atoms. The van der Waals surface area contributed by atoms with Gasteiger partial charge in [0.05, 0.1) is 29.3 Å². The van der Waals surface area contributed by atoms with Crippen molar-refractivity contribution in [3.8, 4) is 5.75 Å². The predicted molar refractivity (Wildman–Crippen MR) is 89.1 cm³/mol. The first-order valence-corrected chi connectivity index (χ1v) is 8.55. The molecule has 0 spiro atoms. The summed E-state index contributed by atoms with van der Waals surface area (Å²) >= 11 is 5.96. The van der Waals surface area contributed by atoms with E-state index in [9.17, 15) is 17.2 Å². The molecule has 0 amide bonds.